The molecule has 1 aliphatic heterocycles. The van der Waals surface area contributed by atoms with Crippen LogP contribution in [0.5, 0.6) is 0 Å². The molecule has 6 heteroatoms. The second kappa shape index (κ2) is 5.65. The van der Waals surface area contributed by atoms with Crippen molar-refractivity contribution in [2.75, 3.05) is 11.4 Å². The van der Waals surface area contributed by atoms with Gasteiger partial charge in [-0.1, -0.05) is 30.3 Å². The van der Waals surface area contributed by atoms with Crippen LogP contribution in [0, 0.1) is 17.6 Å². The summed E-state index contributed by atoms with van der Waals surface area (Å²) < 4.78 is 27.3. The summed E-state index contributed by atoms with van der Waals surface area (Å²) in [4.78, 5) is 25.8. The molecule has 3 atom stereocenters. The van der Waals surface area contributed by atoms with Crippen molar-refractivity contribution in [3.8, 4) is 0 Å². The number of hydrogen-bond acceptors (Lipinski definition) is 2. The van der Waals surface area contributed by atoms with E-state index in [0.717, 1.165) is 6.07 Å². The van der Waals surface area contributed by atoms with E-state index in [0.29, 0.717) is 17.7 Å². The molecule has 1 N–H and O–H groups in total. The highest BCUT2D eigenvalue weighted by Gasteiger charge is 2.49. The SMILES string of the molecule is O=C(O)C1CN(C(=O)C2CC2c2cccc(F)c2F)c2ccccc21. The molecule has 1 aliphatic carbocycles. The Kier molecular flexibility index (Phi) is 3.56. The largest absolute Gasteiger partial charge is 0.481 e. The number of carbonyl (C=O) groups excluding carboxylic acids is 1. The Bertz CT molecular complexity index is 883. The molecule has 1 heterocycles. The van der Waals surface area contributed by atoms with E-state index in [1.807, 2.05) is 0 Å². The van der Waals surface area contributed by atoms with Gasteiger partial charge in [0.15, 0.2) is 11.6 Å². The molecule has 0 bridgehead atoms. The van der Waals surface area contributed by atoms with Crippen LogP contribution in [0.2, 0.25) is 0 Å². The van der Waals surface area contributed by atoms with Crippen LogP contribution in [-0.2, 0) is 9.59 Å². The molecule has 25 heavy (non-hydrogen) atoms. The average Bonchev–Trinajstić information content (AvgIpc) is 3.29. The molecule has 4 nitrogen and oxygen atoms in total. The number of rotatable bonds is 3. The fraction of sp³-hybridized carbons (Fsp3) is 0.263. The molecule has 1 amide bonds. The number of aliphatic carboxylic acids is 1. The average molecular weight is 343 g/mol. The van der Waals surface area contributed by atoms with Crippen LogP contribution in [0.25, 0.3) is 0 Å². The van der Waals surface area contributed by atoms with Gasteiger partial charge in [-0.25, -0.2) is 8.78 Å². The van der Waals surface area contributed by atoms with E-state index < -0.39 is 29.4 Å². The molecule has 1 fully saturated rings. The van der Waals surface area contributed by atoms with E-state index >= 15 is 0 Å². The van der Waals surface area contributed by atoms with Crippen LogP contribution in [0.15, 0.2) is 42.5 Å². The molecular formula is C19H15F2NO3. The number of fused-ring (bicyclic) bond motifs is 1. The van der Waals surface area contributed by atoms with Gasteiger partial charge in [0, 0.05) is 18.2 Å². The van der Waals surface area contributed by atoms with E-state index in [1.165, 1.54) is 17.0 Å². The Morgan fingerprint density at radius 1 is 1.04 bits per heavy atom. The lowest BCUT2D eigenvalue weighted by Gasteiger charge is -2.17. The first-order valence-corrected chi connectivity index (χ1v) is 8.06. The van der Waals surface area contributed by atoms with Gasteiger partial charge in [-0.05, 0) is 35.6 Å². The van der Waals surface area contributed by atoms with Crippen LogP contribution in [0.4, 0.5) is 14.5 Å². The second-order valence-corrected chi connectivity index (χ2v) is 6.49. The van der Waals surface area contributed by atoms with Gasteiger partial charge in [-0.15, -0.1) is 0 Å². The number of hydrogen-bond donors (Lipinski definition) is 1. The molecule has 4 rings (SSSR count). The molecule has 0 radical (unpaired) electrons. The first-order chi connectivity index (χ1) is 12.0. The minimum Gasteiger partial charge on any atom is -0.481 e. The minimum absolute atomic E-state index is 0.0718. The Morgan fingerprint density at radius 2 is 1.76 bits per heavy atom. The molecule has 0 spiro atoms. The van der Waals surface area contributed by atoms with Gasteiger partial charge in [-0.3, -0.25) is 9.59 Å². The maximum atomic E-state index is 13.9. The van der Waals surface area contributed by atoms with E-state index in [4.69, 9.17) is 0 Å². The molecule has 2 aromatic carbocycles. The van der Waals surface area contributed by atoms with Gasteiger partial charge in [0.05, 0.1) is 0 Å². The summed E-state index contributed by atoms with van der Waals surface area (Å²) in [6.45, 7) is 0.0718. The molecule has 0 aromatic heterocycles. The minimum atomic E-state index is -0.980. The predicted octanol–water partition coefficient (Wildman–Crippen LogP) is 3.28. The fourth-order valence-corrected chi connectivity index (χ4v) is 3.65. The zero-order chi connectivity index (χ0) is 17.7. The smallest absolute Gasteiger partial charge is 0.312 e. The summed E-state index contributed by atoms with van der Waals surface area (Å²) in [5, 5.41) is 9.38. The monoisotopic (exact) mass is 343 g/mol. The molecule has 128 valence electrons. The lowest BCUT2D eigenvalue weighted by atomic mass is 10.0. The topological polar surface area (TPSA) is 57.6 Å². The number of anilines is 1. The third kappa shape index (κ3) is 2.49. The molecule has 0 saturated heterocycles. The van der Waals surface area contributed by atoms with Gasteiger partial charge >= 0.3 is 5.97 Å². The van der Waals surface area contributed by atoms with E-state index in [9.17, 15) is 23.5 Å². The summed E-state index contributed by atoms with van der Waals surface area (Å²) >= 11 is 0. The van der Waals surface area contributed by atoms with Crippen molar-refractivity contribution in [2.24, 2.45) is 5.92 Å². The maximum absolute atomic E-state index is 13.9. The van der Waals surface area contributed by atoms with Gasteiger partial charge in [0.25, 0.3) is 0 Å². The fourth-order valence-electron chi connectivity index (χ4n) is 3.65. The number of nitrogens with zero attached hydrogens (tertiary/aromatic N) is 1. The lowest BCUT2D eigenvalue weighted by molar-refractivity contribution is -0.138. The number of para-hydroxylation sites is 1. The van der Waals surface area contributed by atoms with E-state index in [2.05, 4.69) is 0 Å². The van der Waals surface area contributed by atoms with Crippen LogP contribution in [0.1, 0.15) is 29.4 Å². The molecule has 2 aliphatic rings. The van der Waals surface area contributed by atoms with Gasteiger partial charge in [-0.2, -0.15) is 0 Å². The molecule has 2 aromatic rings. The van der Waals surface area contributed by atoms with E-state index in [-0.39, 0.29) is 23.9 Å². The van der Waals surface area contributed by atoms with Gasteiger partial charge < -0.3 is 10.0 Å². The normalized spacial score (nSPS) is 24.1. The summed E-state index contributed by atoms with van der Waals surface area (Å²) in [7, 11) is 0. The van der Waals surface area contributed by atoms with Crippen molar-refractivity contribution in [2.45, 2.75) is 18.3 Å². The van der Waals surface area contributed by atoms with Crippen LogP contribution >= 0.6 is 0 Å². The Morgan fingerprint density at radius 3 is 2.52 bits per heavy atom. The van der Waals surface area contributed by atoms with Crippen molar-refractivity contribution in [3.05, 3.63) is 65.2 Å². The summed E-state index contributed by atoms with van der Waals surface area (Å²) in [6.07, 6.45) is 0.440. The highest BCUT2D eigenvalue weighted by Crippen LogP contribution is 2.51. The second-order valence-electron chi connectivity index (χ2n) is 6.49. The van der Waals surface area contributed by atoms with Crippen LogP contribution in [0.3, 0.4) is 0 Å². The Labute approximate surface area is 142 Å². The Balaban J connectivity index is 1.59. The van der Waals surface area contributed by atoms with Crippen molar-refractivity contribution in [3.63, 3.8) is 0 Å². The Hall–Kier alpha value is -2.76. The van der Waals surface area contributed by atoms with Crippen molar-refractivity contribution >= 4 is 17.6 Å². The predicted molar refractivity (Wildman–Crippen MR) is 86.4 cm³/mol. The first-order valence-electron chi connectivity index (χ1n) is 8.06. The summed E-state index contributed by atoms with van der Waals surface area (Å²) in [6, 6.07) is 10.9. The summed E-state index contributed by atoms with van der Waals surface area (Å²) in [5.74, 6) is -4.61. The van der Waals surface area contributed by atoms with Crippen molar-refractivity contribution < 1.29 is 23.5 Å². The van der Waals surface area contributed by atoms with Gasteiger partial charge in [0.1, 0.15) is 5.92 Å². The number of halogens is 2. The zero-order valence-corrected chi connectivity index (χ0v) is 13.2. The molecular weight excluding hydrogens is 328 g/mol. The third-order valence-corrected chi connectivity index (χ3v) is 5.02. The molecule has 3 unspecified atom stereocenters. The number of benzene rings is 2. The highest BCUT2D eigenvalue weighted by molar-refractivity contribution is 6.01. The van der Waals surface area contributed by atoms with Crippen LogP contribution < -0.4 is 4.90 Å². The standard InChI is InChI=1S/C19H15F2NO3/c20-15-6-3-5-11(17(15)21)12-8-13(12)18(23)22-9-14(19(24)25)10-4-1-2-7-16(10)22/h1-7,12-14H,8-9H2,(H,24,25). The number of carboxylic acid groups (broad SMARTS) is 1. The third-order valence-electron chi connectivity index (χ3n) is 5.02. The maximum Gasteiger partial charge on any atom is 0.312 e. The van der Waals surface area contributed by atoms with Crippen molar-refractivity contribution in [1.29, 1.82) is 0 Å². The number of carbonyl (C=O) groups is 2. The zero-order valence-electron chi connectivity index (χ0n) is 13.2. The number of carboxylic acids is 1. The quantitative estimate of drug-likeness (QED) is 0.930. The molecule has 1 saturated carbocycles. The number of amides is 1. The van der Waals surface area contributed by atoms with Crippen LogP contribution in [-0.4, -0.2) is 23.5 Å². The van der Waals surface area contributed by atoms with Gasteiger partial charge in [0.2, 0.25) is 5.91 Å². The highest BCUT2D eigenvalue weighted by atomic mass is 19.2. The van der Waals surface area contributed by atoms with Crippen molar-refractivity contribution in [1.82, 2.24) is 0 Å². The summed E-state index contributed by atoms with van der Waals surface area (Å²) in [5.41, 5.74) is 1.41. The van der Waals surface area contributed by atoms with E-state index in [1.54, 1.807) is 24.3 Å². The first kappa shape index (κ1) is 15.7. The lowest BCUT2D eigenvalue weighted by Crippen LogP contribution is -2.32.